The van der Waals surface area contributed by atoms with Gasteiger partial charge in [0.1, 0.15) is 11.9 Å². The quantitative estimate of drug-likeness (QED) is 0.722. The summed E-state index contributed by atoms with van der Waals surface area (Å²) in [7, 11) is 2.02. The van der Waals surface area contributed by atoms with Crippen molar-refractivity contribution in [2.24, 2.45) is 0 Å². The summed E-state index contributed by atoms with van der Waals surface area (Å²) in [6.07, 6.45) is 2.67. The maximum Gasteiger partial charge on any atom is 0.283 e. The Bertz CT molecular complexity index is 757. The molecule has 0 N–H and O–H groups in total. The van der Waals surface area contributed by atoms with Gasteiger partial charge in [-0.1, -0.05) is 18.2 Å². The minimum atomic E-state index is 0.157. The van der Waals surface area contributed by atoms with Gasteiger partial charge in [-0.3, -0.25) is 4.90 Å². The molecule has 0 bridgehead atoms. The first-order chi connectivity index (χ1) is 11.3. The predicted molar refractivity (Wildman–Crippen MR) is 82.9 cm³/mol. The second-order valence-corrected chi connectivity index (χ2v) is 5.73. The fourth-order valence-electron chi connectivity index (χ4n) is 2.82. The van der Waals surface area contributed by atoms with Crippen molar-refractivity contribution in [2.75, 3.05) is 13.6 Å². The number of aromatic nitrogens is 2. The van der Waals surface area contributed by atoms with Crippen molar-refractivity contribution in [3.8, 4) is 17.4 Å². The molecule has 0 radical (unpaired) electrons. The highest BCUT2D eigenvalue weighted by molar-refractivity contribution is 5.42. The molecule has 0 saturated carbocycles. The first-order valence-electron chi connectivity index (χ1n) is 7.57. The molecule has 6 heteroatoms. The van der Waals surface area contributed by atoms with Gasteiger partial charge in [-0.05, 0) is 30.8 Å². The third-order valence-electron chi connectivity index (χ3n) is 3.83. The monoisotopic (exact) mass is 311 g/mol. The fraction of sp³-hybridized carbons (Fsp3) is 0.294. The Morgan fingerprint density at radius 3 is 2.91 bits per heavy atom. The largest absolute Gasteiger partial charge is 0.488 e. The molecular formula is C17H17N3O3. The van der Waals surface area contributed by atoms with Gasteiger partial charge in [-0.25, -0.2) is 0 Å². The Labute approximate surface area is 133 Å². The minimum Gasteiger partial charge on any atom is -0.488 e. The SMILES string of the molecule is CN(Cc1nnc(-c2ccco2)o1)CC1Cc2ccccc2O1. The number of ether oxygens (including phenoxy) is 1. The molecule has 3 aromatic rings. The third kappa shape index (κ3) is 2.98. The molecule has 4 rings (SSSR count). The summed E-state index contributed by atoms with van der Waals surface area (Å²) in [4.78, 5) is 2.12. The Morgan fingerprint density at radius 1 is 1.17 bits per heavy atom. The molecule has 1 aliphatic heterocycles. The van der Waals surface area contributed by atoms with Gasteiger partial charge >= 0.3 is 0 Å². The molecule has 0 saturated heterocycles. The highest BCUT2D eigenvalue weighted by atomic mass is 16.5. The van der Waals surface area contributed by atoms with Crippen LogP contribution in [0.2, 0.25) is 0 Å². The lowest BCUT2D eigenvalue weighted by Crippen LogP contribution is -2.31. The van der Waals surface area contributed by atoms with Gasteiger partial charge in [-0.15, -0.1) is 10.2 Å². The van der Waals surface area contributed by atoms with E-state index in [9.17, 15) is 0 Å². The lowest BCUT2D eigenvalue weighted by Gasteiger charge is -2.18. The number of benzene rings is 1. The molecule has 0 fully saturated rings. The van der Waals surface area contributed by atoms with Crippen molar-refractivity contribution in [3.05, 3.63) is 54.1 Å². The summed E-state index contributed by atoms with van der Waals surface area (Å²) in [5, 5.41) is 8.07. The number of hydrogen-bond acceptors (Lipinski definition) is 6. The molecule has 1 unspecified atom stereocenters. The van der Waals surface area contributed by atoms with E-state index in [2.05, 4.69) is 21.2 Å². The van der Waals surface area contributed by atoms with Crippen LogP contribution in [-0.2, 0) is 13.0 Å². The summed E-state index contributed by atoms with van der Waals surface area (Å²) in [6.45, 7) is 1.37. The Kier molecular flexibility index (Phi) is 3.59. The van der Waals surface area contributed by atoms with Gasteiger partial charge in [-0.2, -0.15) is 0 Å². The second-order valence-electron chi connectivity index (χ2n) is 5.73. The van der Waals surface area contributed by atoms with E-state index < -0.39 is 0 Å². The maximum atomic E-state index is 5.96. The number of fused-ring (bicyclic) bond motifs is 1. The number of nitrogens with zero attached hydrogens (tertiary/aromatic N) is 3. The van der Waals surface area contributed by atoms with Gasteiger partial charge < -0.3 is 13.6 Å². The van der Waals surface area contributed by atoms with Crippen LogP contribution in [0.1, 0.15) is 11.5 Å². The smallest absolute Gasteiger partial charge is 0.283 e. The Hall–Kier alpha value is -2.60. The molecule has 0 spiro atoms. The normalized spacial score (nSPS) is 16.5. The van der Waals surface area contributed by atoms with E-state index in [0.29, 0.717) is 24.1 Å². The van der Waals surface area contributed by atoms with Gasteiger partial charge in [0.15, 0.2) is 5.76 Å². The van der Waals surface area contributed by atoms with E-state index in [1.54, 1.807) is 18.4 Å². The van der Waals surface area contributed by atoms with E-state index >= 15 is 0 Å². The van der Waals surface area contributed by atoms with E-state index in [1.165, 1.54) is 5.56 Å². The summed E-state index contributed by atoms with van der Waals surface area (Å²) in [6, 6.07) is 11.8. The molecule has 118 valence electrons. The predicted octanol–water partition coefficient (Wildman–Crippen LogP) is 2.77. The highest BCUT2D eigenvalue weighted by Crippen LogP contribution is 2.28. The molecule has 1 aliphatic rings. The molecule has 3 heterocycles. The zero-order valence-electron chi connectivity index (χ0n) is 12.8. The highest BCUT2D eigenvalue weighted by Gasteiger charge is 2.24. The average Bonchev–Trinajstić information content (AvgIpc) is 3.26. The third-order valence-corrected chi connectivity index (χ3v) is 3.83. The van der Waals surface area contributed by atoms with Gasteiger partial charge in [0, 0.05) is 13.0 Å². The van der Waals surface area contributed by atoms with E-state index in [-0.39, 0.29) is 6.10 Å². The molecule has 1 aromatic carbocycles. The summed E-state index contributed by atoms with van der Waals surface area (Å²) in [5.41, 5.74) is 1.27. The molecule has 0 amide bonds. The van der Waals surface area contributed by atoms with Crippen molar-refractivity contribution in [1.82, 2.24) is 15.1 Å². The average molecular weight is 311 g/mol. The van der Waals surface area contributed by atoms with E-state index in [4.69, 9.17) is 13.6 Å². The summed E-state index contributed by atoms with van der Waals surface area (Å²) < 4.78 is 16.8. The Morgan fingerprint density at radius 2 is 2.09 bits per heavy atom. The lowest BCUT2D eigenvalue weighted by atomic mass is 10.1. The van der Waals surface area contributed by atoms with Crippen LogP contribution >= 0.6 is 0 Å². The number of furan rings is 1. The number of likely N-dealkylation sites (N-methyl/N-ethyl adjacent to an activating group) is 1. The van der Waals surface area contributed by atoms with Crippen LogP contribution in [0.4, 0.5) is 0 Å². The zero-order valence-corrected chi connectivity index (χ0v) is 12.8. The molecule has 2 aromatic heterocycles. The number of rotatable bonds is 5. The van der Waals surface area contributed by atoms with Crippen LogP contribution < -0.4 is 4.74 Å². The van der Waals surface area contributed by atoms with Crippen LogP contribution in [0.25, 0.3) is 11.7 Å². The van der Waals surface area contributed by atoms with Crippen LogP contribution in [-0.4, -0.2) is 34.8 Å². The molecule has 6 nitrogen and oxygen atoms in total. The van der Waals surface area contributed by atoms with Crippen molar-refractivity contribution in [1.29, 1.82) is 0 Å². The first kappa shape index (κ1) is 14.0. The minimum absolute atomic E-state index is 0.157. The van der Waals surface area contributed by atoms with Crippen molar-refractivity contribution in [3.63, 3.8) is 0 Å². The first-order valence-corrected chi connectivity index (χ1v) is 7.57. The summed E-state index contributed by atoms with van der Waals surface area (Å²) >= 11 is 0. The summed E-state index contributed by atoms with van der Waals surface area (Å²) in [5.74, 6) is 2.54. The zero-order chi connectivity index (χ0) is 15.6. The number of hydrogen-bond donors (Lipinski definition) is 0. The van der Waals surface area contributed by atoms with Gasteiger partial charge in [0.25, 0.3) is 5.89 Å². The van der Waals surface area contributed by atoms with E-state index in [1.807, 2.05) is 25.2 Å². The van der Waals surface area contributed by atoms with Crippen LogP contribution in [0.15, 0.2) is 51.5 Å². The molecule has 23 heavy (non-hydrogen) atoms. The van der Waals surface area contributed by atoms with Crippen LogP contribution in [0.5, 0.6) is 5.75 Å². The van der Waals surface area contributed by atoms with Gasteiger partial charge in [0.2, 0.25) is 5.89 Å². The van der Waals surface area contributed by atoms with E-state index in [0.717, 1.165) is 18.7 Å². The number of para-hydroxylation sites is 1. The van der Waals surface area contributed by atoms with Crippen LogP contribution in [0, 0.1) is 0 Å². The molecule has 1 atom stereocenters. The lowest BCUT2D eigenvalue weighted by molar-refractivity contribution is 0.158. The van der Waals surface area contributed by atoms with Crippen molar-refractivity contribution < 1.29 is 13.6 Å². The Balaban J connectivity index is 1.35. The topological polar surface area (TPSA) is 64.5 Å². The fourth-order valence-corrected chi connectivity index (χ4v) is 2.82. The maximum absolute atomic E-state index is 5.96. The van der Waals surface area contributed by atoms with Crippen LogP contribution in [0.3, 0.4) is 0 Å². The molecular weight excluding hydrogens is 294 g/mol. The van der Waals surface area contributed by atoms with Crippen molar-refractivity contribution in [2.45, 2.75) is 19.1 Å². The standard InChI is InChI=1S/C17H17N3O3/c1-20(10-13-9-12-5-2-3-6-14(12)22-13)11-16-18-19-17(23-16)15-7-4-8-21-15/h2-8,13H,9-11H2,1H3. The second kappa shape index (κ2) is 5.89. The van der Waals surface area contributed by atoms with Gasteiger partial charge in [0.05, 0.1) is 12.8 Å². The molecule has 0 aliphatic carbocycles. The van der Waals surface area contributed by atoms with Crippen molar-refractivity contribution >= 4 is 0 Å².